The lowest BCUT2D eigenvalue weighted by Gasteiger charge is -2.51. The van der Waals surface area contributed by atoms with Gasteiger partial charge < -0.3 is 37.9 Å². The van der Waals surface area contributed by atoms with E-state index >= 15 is 0 Å². The molecule has 6 spiro atoms. The van der Waals surface area contributed by atoms with E-state index in [0.29, 0.717) is 94.8 Å². The summed E-state index contributed by atoms with van der Waals surface area (Å²) in [5.74, 6) is -1.03. The van der Waals surface area contributed by atoms with Gasteiger partial charge in [-0.25, -0.2) is 17.6 Å². The molecule has 0 aromatic rings. The molecule has 8 heterocycles. The quantitative estimate of drug-likeness (QED) is 0.244. The van der Waals surface area contributed by atoms with E-state index in [1.165, 1.54) is 103 Å². The van der Waals surface area contributed by atoms with Gasteiger partial charge in [-0.1, -0.05) is 83.1 Å². The monoisotopic (exact) mass is 1110 g/mol. The normalized spacial score (nSPS) is 33.8. The second kappa shape index (κ2) is 27.6. The molecule has 78 heavy (non-hydrogen) atoms. The van der Waals surface area contributed by atoms with Crippen LogP contribution >= 0.6 is 0 Å². The van der Waals surface area contributed by atoms with Crippen LogP contribution in [0.3, 0.4) is 0 Å². The fourth-order valence-electron chi connectivity index (χ4n) is 14.7. The predicted octanol–water partition coefficient (Wildman–Crippen LogP) is 16.9. The first-order valence-electron chi connectivity index (χ1n) is 32.3. The van der Waals surface area contributed by atoms with Crippen LogP contribution in [0.15, 0.2) is 0 Å². The number of ether oxygens (including phenoxy) is 8. The van der Waals surface area contributed by atoms with Gasteiger partial charge in [-0.15, -0.1) is 0 Å². The molecule has 12 heteroatoms. The summed E-state index contributed by atoms with van der Waals surface area (Å²) in [5.41, 5.74) is 1.95. The maximum absolute atomic E-state index is 12.8. The fraction of sp³-hybridized carbons (Fsp3) is 1.00. The van der Waals surface area contributed by atoms with Crippen molar-refractivity contribution in [1.82, 2.24) is 0 Å². The Hall–Kier alpha value is -0.600. The Morgan fingerprint density at radius 3 is 0.577 bits per heavy atom. The summed E-state index contributed by atoms with van der Waals surface area (Å²) in [4.78, 5) is 0. The first kappa shape index (κ1) is 65.0. The van der Waals surface area contributed by atoms with Crippen molar-refractivity contribution in [2.45, 2.75) is 286 Å². The van der Waals surface area contributed by atoms with Crippen LogP contribution in [-0.4, -0.2) is 115 Å². The van der Waals surface area contributed by atoms with Gasteiger partial charge in [-0.05, 0) is 186 Å². The molecule has 8 nitrogen and oxygen atoms in total. The zero-order valence-corrected chi connectivity index (χ0v) is 51.7. The Balaban J connectivity index is 0.000000136. The van der Waals surface area contributed by atoms with Crippen molar-refractivity contribution < 1.29 is 55.5 Å². The van der Waals surface area contributed by atoms with Crippen LogP contribution in [0.4, 0.5) is 17.6 Å². The van der Waals surface area contributed by atoms with Crippen LogP contribution in [-0.2, 0) is 37.9 Å². The van der Waals surface area contributed by atoms with Crippen LogP contribution in [0.5, 0.6) is 0 Å². The molecule has 4 aliphatic carbocycles. The topological polar surface area (TPSA) is 73.8 Å². The Morgan fingerprint density at radius 1 is 0.256 bits per heavy atom. The van der Waals surface area contributed by atoms with Gasteiger partial charge in [0, 0.05) is 62.9 Å². The number of rotatable bonds is 6. The SMILES string of the molecule is CC(C)[C@@H]1CCC2(CC2)CO1.CC(C)[C@@H]1CCC2(CCOCC2)CO1.CC(C)[C@@H]1CCC2(CO1)CC(F)(F)C2.CC(C)[C@H]1CCC2(CC2)CO1.CC(C)[C@H]1CCC2(CCOCC2)CO1.CC(C)[C@H]1CCC2(CO1)CC(F)(F)C2. The highest BCUT2D eigenvalue weighted by atomic mass is 19.3. The first-order valence-corrected chi connectivity index (χ1v) is 32.3. The van der Waals surface area contributed by atoms with Crippen molar-refractivity contribution >= 4 is 0 Å². The lowest BCUT2D eigenvalue weighted by molar-refractivity contribution is -0.215. The summed E-state index contributed by atoms with van der Waals surface area (Å²) >= 11 is 0. The molecular formula is C66H116F4O8. The van der Waals surface area contributed by atoms with Gasteiger partial charge in [0.1, 0.15) is 0 Å². The van der Waals surface area contributed by atoms with Crippen LogP contribution in [0, 0.1) is 68.0 Å². The Kier molecular flexibility index (Phi) is 23.0. The predicted molar refractivity (Wildman–Crippen MR) is 304 cm³/mol. The third-order valence-corrected chi connectivity index (χ3v) is 21.4. The summed E-state index contributed by atoms with van der Waals surface area (Å²) in [5, 5.41) is 0. The van der Waals surface area contributed by atoms with Crippen molar-refractivity contribution in [3.63, 3.8) is 0 Å². The molecule has 0 aromatic heterocycles. The largest absolute Gasteiger partial charge is 0.381 e. The third-order valence-electron chi connectivity index (χ3n) is 21.4. The lowest BCUT2D eigenvalue weighted by atomic mass is 9.62. The van der Waals surface area contributed by atoms with E-state index in [1.807, 2.05) is 0 Å². The van der Waals surface area contributed by atoms with Crippen molar-refractivity contribution in [2.24, 2.45) is 68.0 Å². The Bertz CT molecular complexity index is 1560. The molecule has 4 saturated carbocycles. The minimum atomic E-state index is -2.41. The van der Waals surface area contributed by atoms with E-state index in [9.17, 15) is 17.6 Å². The molecule has 456 valence electrons. The summed E-state index contributed by atoms with van der Waals surface area (Å²) < 4.78 is 96.8. The zero-order chi connectivity index (χ0) is 56.6. The van der Waals surface area contributed by atoms with Gasteiger partial charge in [0.25, 0.3) is 0 Å². The molecular weight excluding hydrogens is 997 g/mol. The highest BCUT2D eigenvalue weighted by molar-refractivity contribution is 5.03. The minimum absolute atomic E-state index is 0.0464. The summed E-state index contributed by atoms with van der Waals surface area (Å²) in [6, 6.07) is 0. The molecule has 12 rings (SSSR count). The third kappa shape index (κ3) is 18.7. The van der Waals surface area contributed by atoms with Crippen molar-refractivity contribution in [3.8, 4) is 0 Å². The molecule has 0 aromatic carbocycles. The molecule has 12 aliphatic rings. The van der Waals surface area contributed by atoms with Crippen molar-refractivity contribution in [1.29, 1.82) is 0 Å². The molecule has 0 amide bonds. The van der Waals surface area contributed by atoms with E-state index in [-0.39, 0.29) is 48.7 Å². The molecule has 0 bridgehead atoms. The van der Waals surface area contributed by atoms with Crippen molar-refractivity contribution in [3.05, 3.63) is 0 Å². The van der Waals surface area contributed by atoms with E-state index in [0.717, 1.165) is 78.5 Å². The lowest BCUT2D eigenvalue weighted by Crippen LogP contribution is -2.52. The molecule has 8 aliphatic heterocycles. The smallest absolute Gasteiger partial charge is 0.249 e. The van der Waals surface area contributed by atoms with Crippen LogP contribution in [0.25, 0.3) is 0 Å². The van der Waals surface area contributed by atoms with Crippen molar-refractivity contribution in [2.75, 3.05) is 66.1 Å². The number of hydrogen-bond acceptors (Lipinski definition) is 8. The Labute approximate surface area is 473 Å². The highest BCUT2D eigenvalue weighted by Gasteiger charge is 2.59. The van der Waals surface area contributed by atoms with Crippen LogP contribution < -0.4 is 0 Å². The average molecular weight is 1110 g/mol. The van der Waals surface area contributed by atoms with Gasteiger partial charge in [-0.2, -0.15) is 0 Å². The minimum Gasteiger partial charge on any atom is -0.381 e. The number of alkyl halides is 4. The van der Waals surface area contributed by atoms with Gasteiger partial charge in [0.05, 0.1) is 76.3 Å². The van der Waals surface area contributed by atoms with Gasteiger partial charge in [-0.3, -0.25) is 0 Å². The second-order valence-corrected chi connectivity index (χ2v) is 30.4. The first-order chi connectivity index (χ1) is 36.7. The van der Waals surface area contributed by atoms with E-state index < -0.39 is 11.8 Å². The van der Waals surface area contributed by atoms with Crippen LogP contribution in [0.1, 0.15) is 237 Å². The molecule has 12 fully saturated rings. The van der Waals surface area contributed by atoms with Gasteiger partial charge in [0.15, 0.2) is 0 Å². The number of hydrogen-bond donors (Lipinski definition) is 0. The van der Waals surface area contributed by atoms with E-state index in [4.69, 9.17) is 37.9 Å². The molecule has 0 radical (unpaired) electrons. The molecule has 6 atom stereocenters. The van der Waals surface area contributed by atoms with Gasteiger partial charge >= 0.3 is 0 Å². The highest BCUT2D eigenvalue weighted by Crippen LogP contribution is 2.58. The molecule has 8 saturated heterocycles. The summed E-state index contributed by atoms with van der Waals surface area (Å²) in [6.07, 6.45) is 27.8. The van der Waals surface area contributed by atoms with Gasteiger partial charge in [0.2, 0.25) is 11.8 Å². The zero-order valence-electron chi connectivity index (χ0n) is 51.7. The number of halogens is 4. The van der Waals surface area contributed by atoms with E-state index in [1.54, 1.807) is 0 Å². The summed E-state index contributed by atoms with van der Waals surface area (Å²) in [6.45, 7) is 35.5. The molecule has 0 N–H and O–H groups in total. The maximum atomic E-state index is 12.8. The van der Waals surface area contributed by atoms with E-state index in [2.05, 4.69) is 83.1 Å². The Morgan fingerprint density at radius 2 is 0.436 bits per heavy atom. The molecule has 0 unspecified atom stereocenters. The summed E-state index contributed by atoms with van der Waals surface area (Å²) in [7, 11) is 0. The fourth-order valence-corrected chi connectivity index (χ4v) is 14.7. The standard InChI is InChI=1S/2C12H22O2.2C11H18F2O.2C10H18O/c2*1-10(2)11-3-4-12(9-14-11)5-7-13-8-6-12;2*1-8(2)9-3-4-10(7-14-9)5-11(12,13)6-10;2*1-8(2)9-3-4-10(5-6-10)7-11-9/h2*10-11H,3-9H2,1-2H3;2*8-9H,3-7H2,1-2H3;2*8-9H,3-7H2,1-2H3/t2*11-;4*9-/m101010/s1. The second-order valence-electron chi connectivity index (χ2n) is 30.4. The average Bonchev–Trinajstić information content (AvgIpc) is 4.39. The maximum Gasteiger partial charge on any atom is 0.249 e. The van der Waals surface area contributed by atoms with Crippen LogP contribution in [0.2, 0.25) is 0 Å².